The molecule has 5 heteroatoms. The number of carbonyl (C=O) groups is 1. The molecule has 0 bridgehead atoms. The summed E-state index contributed by atoms with van der Waals surface area (Å²) in [5.41, 5.74) is 4.21. The van der Waals surface area contributed by atoms with Gasteiger partial charge in [-0.1, -0.05) is 35.9 Å². The molecule has 0 aliphatic carbocycles. The van der Waals surface area contributed by atoms with Gasteiger partial charge >= 0.3 is 0 Å². The van der Waals surface area contributed by atoms with Crippen molar-refractivity contribution >= 4 is 11.6 Å². The second kappa shape index (κ2) is 6.85. The first-order valence-corrected chi connectivity index (χ1v) is 7.02. The molecule has 0 unspecified atom stereocenters. The summed E-state index contributed by atoms with van der Waals surface area (Å²) in [6.07, 6.45) is 0.211. The highest BCUT2D eigenvalue weighted by Crippen LogP contribution is 2.13. The maximum atomic E-state index is 11.9. The highest BCUT2D eigenvalue weighted by atomic mass is 16.6. The van der Waals surface area contributed by atoms with Crippen molar-refractivity contribution in [3.63, 3.8) is 0 Å². The summed E-state index contributed by atoms with van der Waals surface area (Å²) in [4.78, 5) is 22.1. The van der Waals surface area contributed by atoms with Gasteiger partial charge in [0.2, 0.25) is 5.91 Å². The second-order valence-electron chi connectivity index (χ2n) is 5.31. The molecule has 5 nitrogen and oxygen atoms in total. The lowest BCUT2D eigenvalue weighted by atomic mass is 10.1. The van der Waals surface area contributed by atoms with E-state index in [4.69, 9.17) is 0 Å². The van der Waals surface area contributed by atoms with Gasteiger partial charge in [-0.15, -0.1) is 0 Å². The van der Waals surface area contributed by atoms with Crippen LogP contribution in [-0.2, 0) is 17.8 Å². The number of carbonyl (C=O) groups excluding carboxylic acids is 1. The normalized spacial score (nSPS) is 10.3. The summed E-state index contributed by atoms with van der Waals surface area (Å²) in [6.45, 7) is 4.53. The first-order chi connectivity index (χ1) is 10.5. The van der Waals surface area contributed by atoms with Gasteiger partial charge in [0.05, 0.1) is 11.3 Å². The van der Waals surface area contributed by atoms with Gasteiger partial charge in [-0.25, -0.2) is 0 Å². The number of hydrogen-bond acceptors (Lipinski definition) is 3. The van der Waals surface area contributed by atoms with E-state index >= 15 is 0 Å². The van der Waals surface area contributed by atoms with Crippen molar-refractivity contribution < 1.29 is 9.72 Å². The summed E-state index contributed by atoms with van der Waals surface area (Å²) in [5, 5.41) is 13.4. The lowest BCUT2D eigenvalue weighted by Crippen LogP contribution is -2.24. The van der Waals surface area contributed by atoms with E-state index in [1.165, 1.54) is 17.7 Å². The Hall–Kier alpha value is -2.69. The van der Waals surface area contributed by atoms with Crippen LogP contribution in [0.5, 0.6) is 0 Å². The standard InChI is InChI=1S/C17H18N2O3/c1-12-3-6-15(13(2)9-12)11-18-17(20)10-14-4-7-16(8-5-14)19(21)22/h3-9H,10-11H2,1-2H3,(H,18,20). The molecule has 0 spiro atoms. The molecular formula is C17H18N2O3. The predicted molar refractivity (Wildman–Crippen MR) is 84.6 cm³/mol. The number of benzene rings is 2. The first kappa shape index (κ1) is 15.7. The molecule has 2 aromatic carbocycles. The Kier molecular flexibility index (Phi) is 4.88. The zero-order valence-electron chi connectivity index (χ0n) is 12.6. The van der Waals surface area contributed by atoms with Crippen LogP contribution in [0.1, 0.15) is 22.3 Å². The van der Waals surface area contributed by atoms with Crippen LogP contribution < -0.4 is 5.32 Å². The van der Waals surface area contributed by atoms with Crippen molar-refractivity contribution in [2.75, 3.05) is 0 Å². The van der Waals surface area contributed by atoms with Crippen LogP contribution in [0.25, 0.3) is 0 Å². The molecule has 0 aliphatic rings. The lowest BCUT2D eigenvalue weighted by molar-refractivity contribution is -0.384. The average molecular weight is 298 g/mol. The number of aryl methyl sites for hydroxylation is 2. The van der Waals surface area contributed by atoms with Crippen LogP contribution in [0, 0.1) is 24.0 Å². The Labute approximate surface area is 129 Å². The number of nitrogens with zero attached hydrogens (tertiary/aromatic N) is 1. The number of non-ortho nitro benzene ring substituents is 1. The summed E-state index contributed by atoms with van der Waals surface area (Å²) < 4.78 is 0. The molecule has 114 valence electrons. The van der Waals surface area contributed by atoms with Gasteiger partial charge in [-0.05, 0) is 30.5 Å². The highest BCUT2D eigenvalue weighted by Gasteiger charge is 2.08. The third-order valence-corrected chi connectivity index (χ3v) is 3.49. The van der Waals surface area contributed by atoms with E-state index < -0.39 is 4.92 Å². The monoisotopic (exact) mass is 298 g/mol. The SMILES string of the molecule is Cc1ccc(CNC(=O)Cc2ccc([N+](=O)[O-])cc2)c(C)c1. The fourth-order valence-corrected chi connectivity index (χ4v) is 2.22. The van der Waals surface area contributed by atoms with E-state index in [9.17, 15) is 14.9 Å². The van der Waals surface area contributed by atoms with Crippen LogP contribution in [0.3, 0.4) is 0 Å². The van der Waals surface area contributed by atoms with Crippen LogP contribution in [-0.4, -0.2) is 10.8 Å². The minimum absolute atomic E-state index is 0.0273. The fourth-order valence-electron chi connectivity index (χ4n) is 2.22. The Bertz CT molecular complexity index is 694. The van der Waals surface area contributed by atoms with E-state index in [1.807, 2.05) is 26.0 Å². The number of rotatable bonds is 5. The number of nitro benzene ring substituents is 1. The summed E-state index contributed by atoms with van der Waals surface area (Å²) in [7, 11) is 0. The zero-order chi connectivity index (χ0) is 16.1. The fraction of sp³-hybridized carbons (Fsp3) is 0.235. The molecule has 1 amide bonds. The van der Waals surface area contributed by atoms with E-state index in [2.05, 4.69) is 11.4 Å². The van der Waals surface area contributed by atoms with Crippen molar-refractivity contribution in [2.45, 2.75) is 26.8 Å². The third-order valence-electron chi connectivity index (χ3n) is 3.49. The van der Waals surface area contributed by atoms with E-state index in [-0.39, 0.29) is 18.0 Å². The highest BCUT2D eigenvalue weighted by molar-refractivity contribution is 5.78. The van der Waals surface area contributed by atoms with Crippen molar-refractivity contribution in [1.29, 1.82) is 0 Å². The van der Waals surface area contributed by atoms with E-state index in [1.54, 1.807) is 12.1 Å². The Morgan fingerprint density at radius 1 is 1.14 bits per heavy atom. The number of hydrogen-bond donors (Lipinski definition) is 1. The predicted octanol–water partition coefficient (Wildman–Crippen LogP) is 3.07. The maximum absolute atomic E-state index is 11.9. The molecule has 0 saturated heterocycles. The number of nitrogens with one attached hydrogen (secondary N) is 1. The van der Waals surface area contributed by atoms with Crippen molar-refractivity contribution in [1.82, 2.24) is 5.32 Å². The molecule has 0 atom stereocenters. The molecular weight excluding hydrogens is 280 g/mol. The molecule has 0 radical (unpaired) electrons. The van der Waals surface area contributed by atoms with Crippen LogP contribution in [0.15, 0.2) is 42.5 Å². The van der Waals surface area contributed by atoms with Crippen LogP contribution >= 0.6 is 0 Å². The van der Waals surface area contributed by atoms with Crippen molar-refractivity contribution in [2.24, 2.45) is 0 Å². The van der Waals surface area contributed by atoms with Crippen molar-refractivity contribution in [3.05, 3.63) is 74.8 Å². The molecule has 0 saturated carbocycles. The molecule has 0 heterocycles. The molecule has 2 rings (SSSR count). The topological polar surface area (TPSA) is 72.2 Å². The molecule has 1 N–H and O–H groups in total. The van der Waals surface area contributed by atoms with E-state index in [0.717, 1.165) is 16.7 Å². The molecule has 0 fully saturated rings. The third kappa shape index (κ3) is 4.15. The maximum Gasteiger partial charge on any atom is 0.269 e. The smallest absolute Gasteiger partial charge is 0.269 e. The van der Waals surface area contributed by atoms with Gasteiger partial charge in [0.15, 0.2) is 0 Å². The van der Waals surface area contributed by atoms with Gasteiger partial charge in [0.1, 0.15) is 0 Å². The largest absolute Gasteiger partial charge is 0.352 e. The Balaban J connectivity index is 1.91. The van der Waals surface area contributed by atoms with Gasteiger partial charge in [-0.3, -0.25) is 14.9 Å². The number of nitro groups is 1. The Morgan fingerprint density at radius 2 is 1.82 bits per heavy atom. The quantitative estimate of drug-likeness (QED) is 0.681. The summed E-state index contributed by atoms with van der Waals surface area (Å²) >= 11 is 0. The van der Waals surface area contributed by atoms with Gasteiger partial charge < -0.3 is 5.32 Å². The van der Waals surface area contributed by atoms with Gasteiger partial charge in [0, 0.05) is 18.7 Å². The minimum atomic E-state index is -0.454. The molecule has 0 aliphatic heterocycles. The van der Waals surface area contributed by atoms with Crippen LogP contribution in [0.4, 0.5) is 5.69 Å². The zero-order valence-corrected chi connectivity index (χ0v) is 12.6. The first-order valence-electron chi connectivity index (χ1n) is 7.02. The number of amides is 1. The molecule has 0 aromatic heterocycles. The second-order valence-corrected chi connectivity index (χ2v) is 5.31. The lowest BCUT2D eigenvalue weighted by Gasteiger charge is -2.09. The van der Waals surface area contributed by atoms with E-state index in [0.29, 0.717) is 6.54 Å². The van der Waals surface area contributed by atoms with Gasteiger partial charge in [-0.2, -0.15) is 0 Å². The van der Waals surface area contributed by atoms with Crippen molar-refractivity contribution in [3.8, 4) is 0 Å². The molecule has 2 aromatic rings. The molecule has 22 heavy (non-hydrogen) atoms. The summed E-state index contributed by atoms with van der Waals surface area (Å²) in [6, 6.07) is 12.1. The van der Waals surface area contributed by atoms with Gasteiger partial charge in [0.25, 0.3) is 5.69 Å². The minimum Gasteiger partial charge on any atom is -0.352 e. The Morgan fingerprint density at radius 3 is 2.41 bits per heavy atom. The summed E-state index contributed by atoms with van der Waals surface area (Å²) in [5.74, 6) is -0.103. The van der Waals surface area contributed by atoms with Crippen LogP contribution in [0.2, 0.25) is 0 Å². The average Bonchev–Trinajstić information content (AvgIpc) is 2.47.